The average molecular weight is 1350 g/mol. The molecule has 7 heterocycles. The summed E-state index contributed by atoms with van der Waals surface area (Å²) in [7, 11) is -10.6. The van der Waals surface area contributed by atoms with Crippen molar-refractivity contribution in [2.45, 2.75) is 222 Å². The zero-order valence-corrected chi connectivity index (χ0v) is 47.9. The monoisotopic (exact) mass is 1350 g/mol. The first-order valence-electron chi connectivity index (χ1n) is 27.1. The summed E-state index contributed by atoms with van der Waals surface area (Å²) < 4.78 is 106. The molecule has 45 heteroatoms. The number of phosphoric acid groups is 2. The van der Waals surface area contributed by atoms with Crippen LogP contribution in [-0.2, 0) is 84.6 Å². The molecule has 7 rings (SSSR count). The Balaban J connectivity index is 1.21. The highest BCUT2D eigenvalue weighted by molar-refractivity contribution is 7.46. The van der Waals surface area contributed by atoms with Gasteiger partial charge in [0.15, 0.2) is 44.0 Å². The second-order valence-corrected chi connectivity index (χ2v) is 24.1. The van der Waals surface area contributed by atoms with Gasteiger partial charge in [-0.15, -0.1) is 0 Å². The van der Waals surface area contributed by atoms with Gasteiger partial charge in [-0.1, -0.05) is 0 Å². The molecular weight excluding hydrogens is 1280 g/mol. The Bertz CT molecular complexity index is 2320. The fourth-order valence-corrected chi connectivity index (χ4v) is 11.2. The molecule has 0 aromatic rings. The third-order valence-corrected chi connectivity index (χ3v) is 16.3. The molecule has 0 unspecified atom stereocenters. The van der Waals surface area contributed by atoms with Crippen LogP contribution in [0, 0.1) is 0 Å². The number of phosphoric ester groups is 2. The first-order chi connectivity index (χ1) is 41.6. The van der Waals surface area contributed by atoms with Gasteiger partial charge in [-0.3, -0.25) is 13.8 Å². The van der Waals surface area contributed by atoms with Gasteiger partial charge < -0.3 is 189 Å². The van der Waals surface area contributed by atoms with E-state index in [1.165, 1.54) is 0 Å². The molecule has 0 aliphatic carbocycles. The molecule has 7 aliphatic heterocycles. The lowest BCUT2D eigenvalue weighted by molar-refractivity contribution is -0.397. The van der Waals surface area contributed by atoms with Crippen LogP contribution in [0.1, 0.15) is 6.92 Å². The largest absolute Gasteiger partial charge is 0.469 e. The summed E-state index contributed by atoms with van der Waals surface area (Å²) in [5.41, 5.74) is 0. The number of carbonyl (C=O) groups is 1. The van der Waals surface area contributed by atoms with Crippen molar-refractivity contribution >= 4 is 21.6 Å². The van der Waals surface area contributed by atoms with E-state index in [9.17, 15) is 136 Å². The van der Waals surface area contributed by atoms with Crippen molar-refractivity contribution in [3.8, 4) is 0 Å². The van der Waals surface area contributed by atoms with Crippen molar-refractivity contribution in [1.82, 2.24) is 5.32 Å². The molecule has 0 aromatic heterocycles. The van der Waals surface area contributed by atoms with E-state index in [2.05, 4.69) is 14.4 Å². The smallest absolute Gasteiger partial charge is 0.394 e. The molecular formula is C44H77NO42P2. The zero-order chi connectivity index (χ0) is 66.0. The van der Waals surface area contributed by atoms with Crippen LogP contribution < -0.4 is 5.32 Å². The van der Waals surface area contributed by atoms with E-state index < -0.39 is 283 Å². The Morgan fingerprint density at radius 3 is 1.11 bits per heavy atom. The number of amides is 1. The Labute approximate surface area is 500 Å². The number of hydrogen-bond acceptors (Lipinski definition) is 38. The molecule has 35 atom stereocenters. The summed E-state index contributed by atoms with van der Waals surface area (Å²) in [5.74, 6) is -0.842. The van der Waals surface area contributed by atoms with Crippen molar-refractivity contribution < 1.29 is 206 Å². The van der Waals surface area contributed by atoms with Crippen molar-refractivity contribution in [3.63, 3.8) is 0 Å². The number of carbonyl (C=O) groups excluding carboxylic acids is 1. The molecule has 0 spiro atoms. The van der Waals surface area contributed by atoms with Gasteiger partial charge >= 0.3 is 15.6 Å². The molecule has 25 N–H and O–H groups in total. The van der Waals surface area contributed by atoms with Crippen LogP contribution in [0.15, 0.2) is 0 Å². The molecule has 89 heavy (non-hydrogen) atoms. The van der Waals surface area contributed by atoms with Gasteiger partial charge in [0.2, 0.25) is 5.91 Å². The molecule has 0 bridgehead atoms. The van der Waals surface area contributed by atoms with Gasteiger partial charge in [0.05, 0.1) is 46.2 Å². The van der Waals surface area contributed by atoms with Crippen LogP contribution in [-0.4, -0.2) is 389 Å². The van der Waals surface area contributed by atoms with Gasteiger partial charge in [-0.2, -0.15) is 0 Å². The molecule has 0 aromatic carbocycles. The lowest BCUT2D eigenvalue weighted by Gasteiger charge is -2.50. The number of ether oxygens (including phenoxy) is 13. The molecule has 1 amide bonds. The van der Waals surface area contributed by atoms with Crippen molar-refractivity contribution in [2.24, 2.45) is 0 Å². The minimum Gasteiger partial charge on any atom is -0.394 e. The predicted octanol–water partition coefficient (Wildman–Crippen LogP) is -15.9. The van der Waals surface area contributed by atoms with Crippen molar-refractivity contribution in [1.29, 1.82) is 0 Å². The van der Waals surface area contributed by atoms with Gasteiger partial charge in [0, 0.05) is 6.92 Å². The lowest BCUT2D eigenvalue weighted by Crippen LogP contribution is -2.69. The van der Waals surface area contributed by atoms with Crippen LogP contribution in [0.2, 0.25) is 0 Å². The van der Waals surface area contributed by atoms with Crippen LogP contribution >= 0.6 is 15.6 Å². The van der Waals surface area contributed by atoms with Gasteiger partial charge in [-0.05, 0) is 0 Å². The van der Waals surface area contributed by atoms with E-state index in [1.54, 1.807) is 0 Å². The second-order valence-electron chi connectivity index (χ2n) is 21.6. The van der Waals surface area contributed by atoms with E-state index >= 15 is 0 Å². The Morgan fingerprint density at radius 2 is 0.674 bits per heavy atom. The SMILES string of the molecule is CC(=O)N[C@@H]1[C@@H](O)[C@H](O[C@@H]2O[C@H](CO[C@H]3O[C@H](CO[C@H]4O[C@H](CO)[C@@H](O)[C@H](O)[C@@H]4O)[C@@H](O)[C@H](O[C@H]4O[C@H](COP(=O)(O)O)[C@@H](O)[C@H](O)[C@@H]4O)[C@@H]3O)[C@@H](O)[C@H](O[C@H]3O[C@H](CO)[C@@H](O)[C@H](O)[C@@H]3O[C@H]3O[C@H](COP(=O)(O)O)[C@@H](O)[C@H](O)[C@@H]3O)[C@@H]2O)[C@@H](CO)O[C@H]1O. The van der Waals surface area contributed by atoms with E-state index in [1.807, 2.05) is 0 Å². The highest BCUT2D eigenvalue weighted by Crippen LogP contribution is 2.41. The topological polar surface area (TPSA) is 687 Å². The molecule has 520 valence electrons. The van der Waals surface area contributed by atoms with Crippen LogP contribution in [0.5, 0.6) is 0 Å². The fourth-order valence-electron chi connectivity index (χ4n) is 10.5. The van der Waals surface area contributed by atoms with Gasteiger partial charge in [-0.25, -0.2) is 9.13 Å². The summed E-state index contributed by atoms with van der Waals surface area (Å²) >= 11 is 0. The second kappa shape index (κ2) is 31.5. The quantitative estimate of drug-likeness (QED) is 0.0399. The number of aliphatic hydroxyl groups is 20. The maximum Gasteiger partial charge on any atom is 0.469 e. The molecule has 7 aliphatic rings. The fraction of sp³-hybridized carbons (Fsp3) is 0.977. The van der Waals surface area contributed by atoms with E-state index in [0.29, 0.717) is 0 Å². The Hall–Kier alpha value is -1.63. The maximum absolute atomic E-state index is 12.2. The average Bonchev–Trinajstić information content (AvgIpc) is 0.930. The number of hydrogen-bond donors (Lipinski definition) is 25. The van der Waals surface area contributed by atoms with Gasteiger partial charge in [0.1, 0.15) is 171 Å². The molecule has 43 nitrogen and oxygen atoms in total. The van der Waals surface area contributed by atoms with Crippen LogP contribution in [0.4, 0.5) is 0 Å². The number of aliphatic hydroxyl groups excluding tert-OH is 20. The summed E-state index contributed by atoms with van der Waals surface area (Å²) in [4.78, 5) is 49.2. The summed E-state index contributed by atoms with van der Waals surface area (Å²) in [6.45, 7) is -6.73. The first kappa shape index (κ1) is 74.8. The molecule has 7 saturated heterocycles. The van der Waals surface area contributed by atoms with E-state index in [0.717, 1.165) is 6.92 Å². The van der Waals surface area contributed by atoms with Crippen LogP contribution in [0.25, 0.3) is 0 Å². The van der Waals surface area contributed by atoms with Crippen molar-refractivity contribution in [3.05, 3.63) is 0 Å². The molecule has 7 fully saturated rings. The zero-order valence-electron chi connectivity index (χ0n) is 46.1. The third-order valence-electron chi connectivity index (χ3n) is 15.4. The maximum atomic E-state index is 12.2. The first-order valence-corrected chi connectivity index (χ1v) is 30.2. The summed E-state index contributed by atoms with van der Waals surface area (Å²) in [6.07, 6.45) is -73.0. The highest BCUT2D eigenvalue weighted by atomic mass is 31.2. The van der Waals surface area contributed by atoms with Gasteiger partial charge in [0.25, 0.3) is 0 Å². The van der Waals surface area contributed by atoms with E-state index in [4.69, 9.17) is 61.6 Å². The van der Waals surface area contributed by atoms with E-state index in [-0.39, 0.29) is 0 Å². The third kappa shape index (κ3) is 17.7. The van der Waals surface area contributed by atoms with Crippen LogP contribution in [0.3, 0.4) is 0 Å². The summed E-state index contributed by atoms with van der Waals surface area (Å²) in [6, 6.07) is -1.74. The summed E-state index contributed by atoms with van der Waals surface area (Å²) in [5, 5.41) is 221. The normalized spacial score (nSPS) is 48.7. The Kier molecular flexibility index (Phi) is 26.5. The minimum atomic E-state index is -5.30. The Morgan fingerprint density at radius 1 is 0.348 bits per heavy atom. The van der Waals surface area contributed by atoms with Crippen molar-refractivity contribution in [2.75, 3.05) is 46.2 Å². The lowest BCUT2D eigenvalue weighted by atomic mass is 9.95. The highest BCUT2D eigenvalue weighted by Gasteiger charge is 2.58. The predicted molar refractivity (Wildman–Crippen MR) is 265 cm³/mol. The standard InChI is InChI=1S/C44H77NO42P2/c1-9(49)45-17-24(56)34(12(4-48)77-38(17)66)84-43-33(65)36(86-44-37(28(60)19(51)11(3-47)79-44)87-42-31(63)27(59)21(53)16(83-42)8-76-89(70,71)72)23(55)14(81-43)6-74-40-32(64)35(85-41-30(62)26(58)20(52)15(82-41)7-75-88(67,68)69)22(54)13(80-40)5-73-39-29(61)25(57)18(50)10(2-46)78-39/h10-44,46-48,50-66H,2-8H2,1H3,(H,45,49)(H2,67,68,69)(H2,70,71,72)/t10-,11-,12-,13-,14-,15-,16-,17-,18-,19-,20-,21-,22-,23-,24-,25+,26+,27+,28+,29+,30+,31+,32+,33+,34-,35+,36+,37+,38-,39+,40+,41-,42-,43+,44-/m1/s1. The number of rotatable bonds is 24. The molecule has 0 saturated carbocycles. The minimum absolute atomic E-state index is 0.842. The molecule has 0 radical (unpaired) electrons. The number of nitrogens with one attached hydrogen (secondary N) is 1.